The Hall–Kier alpha value is -3.20. The highest BCUT2D eigenvalue weighted by molar-refractivity contribution is 6.31. The number of nitrogens with zero attached hydrogens (tertiary/aromatic N) is 1. The van der Waals surface area contributed by atoms with Gasteiger partial charge in [0, 0.05) is 5.39 Å². The molecule has 0 fully saturated rings. The van der Waals surface area contributed by atoms with Gasteiger partial charge in [0.15, 0.2) is 0 Å². The van der Waals surface area contributed by atoms with Gasteiger partial charge < -0.3 is 0 Å². The quantitative estimate of drug-likeness (QED) is 0.174. The van der Waals surface area contributed by atoms with E-state index in [1.165, 1.54) is 0 Å². The number of non-ortho nitro benzene ring substituents is 1. The standard InChI is InChI=1S/C20H11NO2/c22-21(23)20-16-7-2-1-6-14(16)15-10-8-12-4-3-5-13-9-11-17(20)19(15)18(12)13/h1-11H/i1D,2D,3D,4D,5D,6D,7D,8D,9D,10D,11D. The van der Waals surface area contributed by atoms with Gasteiger partial charge in [0.25, 0.3) is 5.69 Å². The summed E-state index contributed by atoms with van der Waals surface area (Å²) in [4.78, 5) is 11.3. The summed E-state index contributed by atoms with van der Waals surface area (Å²) in [7, 11) is 0. The molecule has 0 unspecified atom stereocenters. The van der Waals surface area contributed by atoms with Gasteiger partial charge in [-0.05, 0) is 39.0 Å². The average Bonchev–Trinajstić information content (AvgIpc) is 2.79. The molecule has 0 aliphatic carbocycles. The lowest BCUT2D eigenvalue weighted by atomic mass is 9.90. The van der Waals surface area contributed by atoms with Crippen LogP contribution < -0.4 is 0 Å². The molecule has 0 N–H and O–H groups in total. The van der Waals surface area contributed by atoms with Crippen LogP contribution in [-0.2, 0) is 0 Å². The predicted molar refractivity (Wildman–Crippen MR) is 94.3 cm³/mol. The van der Waals surface area contributed by atoms with Crippen molar-refractivity contribution in [1.82, 2.24) is 0 Å². The van der Waals surface area contributed by atoms with E-state index in [0.717, 1.165) is 0 Å². The summed E-state index contributed by atoms with van der Waals surface area (Å²) in [5, 5.41) is 9.60. The molecule has 0 spiro atoms. The minimum absolute atomic E-state index is 0.157. The first-order valence-corrected chi connectivity index (χ1v) is 6.59. The fraction of sp³-hybridized carbons (Fsp3) is 0. The van der Waals surface area contributed by atoms with Crippen molar-refractivity contribution < 1.29 is 20.0 Å². The van der Waals surface area contributed by atoms with Gasteiger partial charge in [-0.3, -0.25) is 10.1 Å². The number of hydrogen-bond acceptors (Lipinski definition) is 2. The maximum absolute atomic E-state index is 12.2. The Balaban J connectivity index is 2.41. The van der Waals surface area contributed by atoms with Gasteiger partial charge in [-0.1, -0.05) is 54.4 Å². The second kappa shape index (κ2) is 4.17. The zero-order valence-electron chi connectivity index (χ0n) is 22.3. The van der Waals surface area contributed by atoms with E-state index in [1.807, 2.05) is 0 Å². The van der Waals surface area contributed by atoms with Crippen LogP contribution in [0.5, 0.6) is 0 Å². The maximum Gasteiger partial charge on any atom is 0.285 e. The molecule has 5 aromatic rings. The molecule has 108 valence electrons. The maximum atomic E-state index is 12.2. The molecule has 0 radical (unpaired) electrons. The van der Waals surface area contributed by atoms with Crippen LogP contribution in [0.1, 0.15) is 15.1 Å². The predicted octanol–water partition coefficient (Wildman–Crippen LogP) is 5.65. The Bertz CT molecular complexity index is 1770. The lowest BCUT2D eigenvalue weighted by molar-refractivity contribution is -0.381. The molecule has 0 heterocycles. The van der Waals surface area contributed by atoms with E-state index in [9.17, 15) is 10.1 Å². The molecule has 0 aliphatic rings. The number of benzene rings is 5. The third-order valence-corrected chi connectivity index (χ3v) is 3.84. The molecule has 0 amide bonds. The summed E-state index contributed by atoms with van der Waals surface area (Å²) in [6, 6.07) is -7.29. The van der Waals surface area contributed by atoms with Crippen molar-refractivity contribution in [2.24, 2.45) is 0 Å². The minimum atomic E-state index is -0.920. The molecule has 5 aromatic carbocycles. The third kappa shape index (κ3) is 1.48. The SMILES string of the molecule is [2H]c1c([2H])c([2H])c2c(c1[2H])c([N+](=O)[O-])c1c([2H])c([2H])c3c([2H])c([2H])c([2H])c4c([2H])c([2H])c2c1c34. The van der Waals surface area contributed by atoms with Crippen molar-refractivity contribution in [3.8, 4) is 0 Å². The fourth-order valence-electron chi connectivity index (χ4n) is 2.94. The highest BCUT2D eigenvalue weighted by Gasteiger charge is 2.21. The third-order valence-electron chi connectivity index (χ3n) is 3.84. The van der Waals surface area contributed by atoms with Gasteiger partial charge >= 0.3 is 0 Å². The fourth-order valence-corrected chi connectivity index (χ4v) is 2.94. The highest BCUT2D eigenvalue weighted by atomic mass is 16.6. The number of fused-ring (bicyclic) bond motifs is 2. The van der Waals surface area contributed by atoms with E-state index < -0.39 is 93.2 Å². The number of rotatable bonds is 1. The molecule has 0 aliphatic heterocycles. The summed E-state index contributed by atoms with van der Waals surface area (Å²) in [5.74, 6) is 0. The Labute approximate surface area is 146 Å². The van der Waals surface area contributed by atoms with Crippen molar-refractivity contribution >= 4 is 48.8 Å². The van der Waals surface area contributed by atoms with E-state index >= 15 is 0 Å². The Kier molecular flexibility index (Phi) is 1.05. The summed E-state index contributed by atoms with van der Waals surface area (Å²) < 4.78 is 91.6. The van der Waals surface area contributed by atoms with Crippen LogP contribution in [0.2, 0.25) is 0 Å². The van der Waals surface area contributed by atoms with Crippen LogP contribution in [0.15, 0.2) is 66.5 Å². The van der Waals surface area contributed by atoms with Crippen LogP contribution in [0.3, 0.4) is 0 Å². The normalized spacial score (nSPS) is 18.5. The van der Waals surface area contributed by atoms with Gasteiger partial charge in [0.1, 0.15) is 0 Å². The second-order valence-corrected chi connectivity index (χ2v) is 4.98. The summed E-state index contributed by atoms with van der Waals surface area (Å²) >= 11 is 0. The smallest absolute Gasteiger partial charge is 0.258 e. The van der Waals surface area contributed by atoms with Crippen molar-refractivity contribution in [2.45, 2.75) is 0 Å². The van der Waals surface area contributed by atoms with Crippen LogP contribution in [0.25, 0.3) is 43.1 Å². The summed E-state index contributed by atoms with van der Waals surface area (Å²) in [6.07, 6.45) is 0. The van der Waals surface area contributed by atoms with Gasteiger partial charge in [-0.2, -0.15) is 0 Å². The monoisotopic (exact) mass is 308 g/mol. The second-order valence-electron chi connectivity index (χ2n) is 4.98. The number of nitro benzene ring substituents is 1. The van der Waals surface area contributed by atoms with Crippen LogP contribution in [0.4, 0.5) is 5.69 Å². The number of hydrogen-bond donors (Lipinski definition) is 0. The highest BCUT2D eigenvalue weighted by Crippen LogP contribution is 2.43. The first kappa shape index (κ1) is 5.78. The molecular formula is C20H11NO2. The average molecular weight is 308 g/mol. The van der Waals surface area contributed by atoms with E-state index in [4.69, 9.17) is 15.1 Å². The van der Waals surface area contributed by atoms with Crippen molar-refractivity contribution in [3.63, 3.8) is 0 Å². The van der Waals surface area contributed by atoms with Crippen LogP contribution >= 0.6 is 0 Å². The number of nitro groups is 1. The lowest BCUT2D eigenvalue weighted by Gasteiger charge is -2.13. The molecular weight excluding hydrogens is 286 g/mol. The summed E-state index contributed by atoms with van der Waals surface area (Å²) in [6.45, 7) is 0. The topological polar surface area (TPSA) is 43.1 Å². The van der Waals surface area contributed by atoms with Crippen molar-refractivity contribution in [1.29, 1.82) is 0 Å². The zero-order chi connectivity index (χ0) is 25.1. The first-order valence-electron chi connectivity index (χ1n) is 12.1. The molecule has 0 saturated carbocycles. The van der Waals surface area contributed by atoms with E-state index in [0.29, 0.717) is 0 Å². The molecule has 0 bridgehead atoms. The Morgan fingerprint density at radius 2 is 1.35 bits per heavy atom. The largest absolute Gasteiger partial charge is 0.285 e. The van der Waals surface area contributed by atoms with Gasteiger partial charge in [-0.15, -0.1) is 0 Å². The van der Waals surface area contributed by atoms with E-state index in [2.05, 4.69) is 0 Å². The van der Waals surface area contributed by atoms with E-state index in [1.54, 1.807) is 0 Å². The Morgan fingerprint density at radius 3 is 2.04 bits per heavy atom. The molecule has 0 atom stereocenters. The van der Waals surface area contributed by atoms with Crippen LogP contribution in [-0.4, -0.2) is 4.92 Å². The zero-order valence-corrected chi connectivity index (χ0v) is 11.3. The minimum Gasteiger partial charge on any atom is -0.258 e. The lowest BCUT2D eigenvalue weighted by Crippen LogP contribution is -1.94. The molecule has 3 heteroatoms. The van der Waals surface area contributed by atoms with Gasteiger partial charge in [0.05, 0.1) is 30.8 Å². The molecule has 0 saturated heterocycles. The van der Waals surface area contributed by atoms with E-state index in [-0.39, 0.29) is 26.9 Å². The molecule has 5 rings (SSSR count). The van der Waals surface area contributed by atoms with Gasteiger partial charge in [0.2, 0.25) is 0 Å². The molecule has 3 nitrogen and oxygen atoms in total. The molecule has 23 heavy (non-hydrogen) atoms. The molecule has 0 aromatic heterocycles. The summed E-state index contributed by atoms with van der Waals surface area (Å²) in [5.41, 5.74) is -0.860. The van der Waals surface area contributed by atoms with Crippen LogP contribution in [0, 0.1) is 10.1 Å². The van der Waals surface area contributed by atoms with Crippen molar-refractivity contribution in [2.75, 3.05) is 0 Å². The van der Waals surface area contributed by atoms with Crippen molar-refractivity contribution in [3.05, 3.63) is 76.6 Å². The van der Waals surface area contributed by atoms with Gasteiger partial charge in [-0.25, -0.2) is 0 Å². The first-order chi connectivity index (χ1) is 15.8. The Morgan fingerprint density at radius 1 is 0.696 bits per heavy atom.